The van der Waals surface area contributed by atoms with Gasteiger partial charge in [0.25, 0.3) is 0 Å². The van der Waals surface area contributed by atoms with E-state index in [1.54, 1.807) is 6.26 Å². The van der Waals surface area contributed by atoms with Crippen LogP contribution in [0.3, 0.4) is 0 Å². The quantitative estimate of drug-likeness (QED) is 0.490. The SMILES string of the molecule is Cc1ccc(-n2c(SCC(=O)N3CCC4(C)CC3C(C)(C)C4)nnc2-c2ccco2)cc1. The molecule has 3 aromatic rings. The fraction of sp³-hybridized carbons (Fsp3) is 0.480. The summed E-state index contributed by atoms with van der Waals surface area (Å²) in [5, 5.41) is 9.51. The van der Waals surface area contributed by atoms with E-state index in [4.69, 9.17) is 4.42 Å². The third kappa shape index (κ3) is 3.76. The summed E-state index contributed by atoms with van der Waals surface area (Å²) < 4.78 is 7.57. The molecule has 7 heteroatoms. The molecular weight excluding hydrogens is 420 g/mol. The molecule has 1 aliphatic heterocycles. The third-order valence-corrected chi connectivity index (χ3v) is 8.03. The average Bonchev–Trinajstić information content (AvgIpc) is 3.45. The number of piperidine rings is 1. The third-order valence-electron chi connectivity index (χ3n) is 7.12. The van der Waals surface area contributed by atoms with Gasteiger partial charge in [0.2, 0.25) is 11.7 Å². The zero-order chi connectivity index (χ0) is 22.5. The van der Waals surface area contributed by atoms with E-state index in [1.165, 1.54) is 23.7 Å². The zero-order valence-corrected chi connectivity index (χ0v) is 20.0. The van der Waals surface area contributed by atoms with Crippen LogP contribution in [-0.4, -0.2) is 43.9 Å². The molecule has 2 bridgehead atoms. The van der Waals surface area contributed by atoms with Gasteiger partial charge in [0.15, 0.2) is 10.9 Å². The summed E-state index contributed by atoms with van der Waals surface area (Å²) in [5.74, 6) is 1.83. The lowest BCUT2D eigenvalue weighted by Crippen LogP contribution is -2.49. The second-order valence-electron chi connectivity index (χ2n) is 10.3. The van der Waals surface area contributed by atoms with E-state index >= 15 is 0 Å². The number of carbonyl (C=O) groups is 1. The van der Waals surface area contributed by atoms with Crippen LogP contribution in [0.5, 0.6) is 0 Å². The van der Waals surface area contributed by atoms with E-state index < -0.39 is 0 Å². The van der Waals surface area contributed by atoms with E-state index in [-0.39, 0.29) is 11.3 Å². The summed E-state index contributed by atoms with van der Waals surface area (Å²) in [7, 11) is 0. The number of furan rings is 1. The molecular formula is C25H30N4O2S. The summed E-state index contributed by atoms with van der Waals surface area (Å²) in [5.41, 5.74) is 2.68. The number of amides is 1. The molecule has 2 unspecified atom stereocenters. The molecule has 3 heterocycles. The van der Waals surface area contributed by atoms with Gasteiger partial charge in [0, 0.05) is 18.3 Å². The van der Waals surface area contributed by atoms with E-state index in [0.29, 0.717) is 34.0 Å². The molecule has 0 spiro atoms. The Kier molecular flexibility index (Phi) is 5.19. The molecule has 1 saturated carbocycles. The highest BCUT2D eigenvalue weighted by atomic mass is 32.2. The summed E-state index contributed by atoms with van der Waals surface area (Å²) in [4.78, 5) is 15.4. The molecule has 2 atom stereocenters. The lowest BCUT2D eigenvalue weighted by Gasteiger charge is -2.40. The second kappa shape index (κ2) is 7.80. The van der Waals surface area contributed by atoms with Gasteiger partial charge in [-0.3, -0.25) is 9.36 Å². The molecule has 5 rings (SSSR count). The molecule has 1 amide bonds. The maximum atomic E-state index is 13.3. The molecule has 32 heavy (non-hydrogen) atoms. The largest absolute Gasteiger partial charge is 0.461 e. The van der Waals surface area contributed by atoms with Crippen molar-refractivity contribution in [3.05, 3.63) is 48.2 Å². The van der Waals surface area contributed by atoms with Gasteiger partial charge in [-0.2, -0.15) is 0 Å². The molecule has 1 aliphatic carbocycles. The van der Waals surface area contributed by atoms with Crippen LogP contribution in [0.2, 0.25) is 0 Å². The Hall–Kier alpha value is -2.54. The highest BCUT2D eigenvalue weighted by Crippen LogP contribution is 2.55. The van der Waals surface area contributed by atoms with Gasteiger partial charge in [-0.25, -0.2) is 0 Å². The topological polar surface area (TPSA) is 64.2 Å². The molecule has 6 nitrogen and oxygen atoms in total. The Morgan fingerprint density at radius 1 is 1.19 bits per heavy atom. The van der Waals surface area contributed by atoms with Crippen LogP contribution in [0.1, 0.15) is 45.6 Å². The standard InChI is InChI=1S/C25H30N4O2S/c1-17-7-9-18(10-8-17)29-22(19-6-5-13-31-19)26-27-23(29)32-15-21(30)28-12-11-25(4)14-20(28)24(2,3)16-25/h5-10,13,20H,11-12,14-16H2,1-4H3. The number of aromatic nitrogens is 3. The highest BCUT2D eigenvalue weighted by Gasteiger charge is 2.53. The number of aryl methyl sites for hydroxylation is 1. The van der Waals surface area contributed by atoms with Crippen molar-refractivity contribution in [3.8, 4) is 17.3 Å². The normalized spacial score (nSPS) is 24.1. The van der Waals surface area contributed by atoms with E-state index in [2.05, 4.69) is 54.9 Å². The first-order valence-corrected chi connectivity index (χ1v) is 12.2. The minimum Gasteiger partial charge on any atom is -0.461 e. The number of hydrogen-bond acceptors (Lipinski definition) is 5. The van der Waals surface area contributed by atoms with Gasteiger partial charge in [0.05, 0.1) is 12.0 Å². The monoisotopic (exact) mass is 450 g/mol. The van der Waals surface area contributed by atoms with Gasteiger partial charge in [-0.1, -0.05) is 50.2 Å². The van der Waals surface area contributed by atoms with Crippen molar-refractivity contribution >= 4 is 17.7 Å². The van der Waals surface area contributed by atoms with Gasteiger partial charge in [-0.15, -0.1) is 10.2 Å². The Morgan fingerprint density at radius 3 is 2.69 bits per heavy atom. The molecule has 0 N–H and O–H groups in total. The summed E-state index contributed by atoms with van der Waals surface area (Å²) in [6, 6.07) is 12.3. The lowest BCUT2D eigenvalue weighted by molar-refractivity contribution is -0.133. The molecule has 0 radical (unpaired) electrons. The van der Waals surface area contributed by atoms with E-state index in [1.807, 2.05) is 28.8 Å². The average molecular weight is 451 g/mol. The molecule has 1 aromatic carbocycles. The van der Waals surface area contributed by atoms with Gasteiger partial charge in [-0.05, 0) is 61.3 Å². The van der Waals surface area contributed by atoms with Crippen molar-refractivity contribution in [1.29, 1.82) is 0 Å². The van der Waals surface area contributed by atoms with Gasteiger partial charge >= 0.3 is 0 Å². The minimum absolute atomic E-state index is 0.167. The van der Waals surface area contributed by atoms with Crippen LogP contribution >= 0.6 is 11.8 Å². The van der Waals surface area contributed by atoms with Crippen molar-refractivity contribution in [2.24, 2.45) is 10.8 Å². The van der Waals surface area contributed by atoms with Crippen LogP contribution in [0.15, 0.2) is 52.2 Å². The summed E-state index contributed by atoms with van der Waals surface area (Å²) in [6.45, 7) is 9.92. The van der Waals surface area contributed by atoms with Crippen LogP contribution in [0.4, 0.5) is 0 Å². The fourth-order valence-electron chi connectivity index (χ4n) is 5.66. The van der Waals surface area contributed by atoms with E-state index in [9.17, 15) is 4.79 Å². The first kappa shape index (κ1) is 21.3. The molecule has 1 saturated heterocycles. The van der Waals surface area contributed by atoms with Gasteiger partial charge in [0.1, 0.15) is 0 Å². The van der Waals surface area contributed by atoms with Crippen LogP contribution in [-0.2, 0) is 4.79 Å². The van der Waals surface area contributed by atoms with Crippen LogP contribution in [0.25, 0.3) is 17.3 Å². The first-order valence-electron chi connectivity index (χ1n) is 11.2. The smallest absolute Gasteiger partial charge is 0.233 e. The Balaban J connectivity index is 1.39. The highest BCUT2D eigenvalue weighted by molar-refractivity contribution is 7.99. The van der Waals surface area contributed by atoms with Crippen molar-refractivity contribution in [2.75, 3.05) is 12.3 Å². The Morgan fingerprint density at radius 2 is 1.97 bits per heavy atom. The van der Waals surface area contributed by atoms with Crippen molar-refractivity contribution < 1.29 is 9.21 Å². The number of carbonyl (C=O) groups excluding carboxylic acids is 1. The maximum absolute atomic E-state index is 13.3. The van der Waals surface area contributed by atoms with Crippen molar-refractivity contribution in [3.63, 3.8) is 0 Å². The Labute approximate surface area is 193 Å². The number of likely N-dealkylation sites (tertiary alicyclic amines) is 1. The number of thioether (sulfide) groups is 1. The van der Waals surface area contributed by atoms with E-state index in [0.717, 1.165) is 25.1 Å². The number of nitrogens with zero attached hydrogens (tertiary/aromatic N) is 4. The molecule has 2 aromatic heterocycles. The van der Waals surface area contributed by atoms with Gasteiger partial charge < -0.3 is 9.32 Å². The Bertz CT molecular complexity index is 1120. The molecule has 168 valence electrons. The molecule has 2 fully saturated rings. The predicted molar refractivity (Wildman–Crippen MR) is 126 cm³/mol. The second-order valence-corrected chi connectivity index (χ2v) is 11.2. The van der Waals surface area contributed by atoms with Crippen molar-refractivity contribution in [1.82, 2.24) is 19.7 Å². The first-order chi connectivity index (χ1) is 15.3. The molecule has 2 aliphatic rings. The predicted octanol–water partition coefficient (Wildman–Crippen LogP) is 5.36. The number of hydrogen-bond donors (Lipinski definition) is 0. The number of benzene rings is 1. The summed E-state index contributed by atoms with van der Waals surface area (Å²) in [6.07, 6.45) is 5.02. The number of rotatable bonds is 5. The number of fused-ring (bicyclic) bond motifs is 2. The minimum atomic E-state index is 0.167. The van der Waals surface area contributed by atoms with Crippen molar-refractivity contribution in [2.45, 2.75) is 58.2 Å². The fourth-order valence-corrected chi connectivity index (χ4v) is 6.50. The zero-order valence-electron chi connectivity index (χ0n) is 19.2. The maximum Gasteiger partial charge on any atom is 0.233 e. The summed E-state index contributed by atoms with van der Waals surface area (Å²) >= 11 is 1.45. The van der Waals surface area contributed by atoms with Crippen LogP contribution in [0, 0.1) is 17.8 Å². The van der Waals surface area contributed by atoms with Crippen LogP contribution < -0.4 is 0 Å². The lowest BCUT2D eigenvalue weighted by atomic mass is 9.81.